The molecule has 1 saturated heterocycles. The number of piperazine rings is 1. The summed E-state index contributed by atoms with van der Waals surface area (Å²) in [7, 11) is 0. The summed E-state index contributed by atoms with van der Waals surface area (Å²) >= 11 is 0. The Hall–Kier alpha value is -2.22. The number of halogens is 2. The van der Waals surface area contributed by atoms with Crippen LogP contribution < -0.4 is 5.73 Å². The van der Waals surface area contributed by atoms with Crippen LogP contribution in [0.25, 0.3) is 0 Å². The number of rotatable bonds is 3. The van der Waals surface area contributed by atoms with Crippen molar-refractivity contribution in [1.29, 1.82) is 0 Å². The van der Waals surface area contributed by atoms with Crippen molar-refractivity contribution in [3.8, 4) is 0 Å². The van der Waals surface area contributed by atoms with Crippen molar-refractivity contribution < 1.29 is 18.8 Å². The number of nitrogens with zero attached hydrogens (tertiary/aromatic N) is 3. The third kappa shape index (κ3) is 3.46. The van der Waals surface area contributed by atoms with Gasteiger partial charge in [0.15, 0.2) is 17.5 Å². The standard InChI is InChI=1S/C13H16F2N4O2/c14-10-3-1-2-9(12(10)15)13(20)19-6-4-18(5-7-19)8-11(16)17-21/h1-3,21H,4-8H2,(H2,16,17). The Morgan fingerprint density at radius 2 is 1.95 bits per heavy atom. The molecule has 0 spiro atoms. The topological polar surface area (TPSA) is 82.2 Å². The van der Waals surface area contributed by atoms with Crippen molar-refractivity contribution in [3.05, 3.63) is 35.4 Å². The van der Waals surface area contributed by atoms with Crippen LogP contribution in [-0.2, 0) is 0 Å². The number of carbonyl (C=O) groups excluding carboxylic acids is 1. The number of nitrogens with two attached hydrogens (primary N) is 1. The zero-order chi connectivity index (χ0) is 15.4. The lowest BCUT2D eigenvalue weighted by molar-refractivity contribution is 0.0647. The first-order valence-electron chi connectivity index (χ1n) is 6.45. The van der Waals surface area contributed by atoms with Gasteiger partial charge in [0.05, 0.1) is 12.1 Å². The summed E-state index contributed by atoms with van der Waals surface area (Å²) in [6.07, 6.45) is 0. The zero-order valence-corrected chi connectivity index (χ0v) is 11.3. The summed E-state index contributed by atoms with van der Waals surface area (Å²) in [5.41, 5.74) is 5.15. The molecule has 6 nitrogen and oxygen atoms in total. The van der Waals surface area contributed by atoms with Crippen molar-refractivity contribution in [1.82, 2.24) is 9.80 Å². The molecule has 114 valence electrons. The molecule has 0 aromatic heterocycles. The SMILES string of the molecule is NC(CN1CCN(C(=O)c2cccc(F)c2F)CC1)=NO. The maximum Gasteiger partial charge on any atom is 0.257 e. The van der Waals surface area contributed by atoms with Crippen molar-refractivity contribution >= 4 is 11.7 Å². The maximum absolute atomic E-state index is 13.6. The Morgan fingerprint density at radius 3 is 2.57 bits per heavy atom. The number of hydrogen-bond donors (Lipinski definition) is 2. The van der Waals surface area contributed by atoms with Crippen molar-refractivity contribution in [2.45, 2.75) is 0 Å². The van der Waals surface area contributed by atoms with E-state index in [-0.39, 0.29) is 11.4 Å². The number of carbonyl (C=O) groups is 1. The molecular formula is C13H16F2N4O2. The number of benzene rings is 1. The van der Waals surface area contributed by atoms with Crippen LogP contribution in [0.1, 0.15) is 10.4 Å². The smallest absolute Gasteiger partial charge is 0.257 e. The Bertz CT molecular complexity index is 557. The minimum Gasteiger partial charge on any atom is -0.409 e. The quantitative estimate of drug-likeness (QED) is 0.368. The average molecular weight is 298 g/mol. The minimum absolute atomic E-state index is 0.0888. The van der Waals surface area contributed by atoms with Crippen molar-refractivity contribution in [3.63, 3.8) is 0 Å². The van der Waals surface area contributed by atoms with Gasteiger partial charge in [0, 0.05) is 26.2 Å². The third-order valence-corrected chi connectivity index (χ3v) is 3.36. The summed E-state index contributed by atoms with van der Waals surface area (Å²) < 4.78 is 26.8. The molecular weight excluding hydrogens is 282 g/mol. The van der Waals surface area contributed by atoms with Gasteiger partial charge < -0.3 is 15.8 Å². The fourth-order valence-corrected chi connectivity index (χ4v) is 2.21. The first-order valence-corrected chi connectivity index (χ1v) is 6.45. The molecule has 2 rings (SSSR count). The van der Waals surface area contributed by atoms with E-state index in [4.69, 9.17) is 10.9 Å². The molecule has 1 aliphatic heterocycles. The highest BCUT2D eigenvalue weighted by Gasteiger charge is 2.25. The van der Waals surface area contributed by atoms with Crippen LogP contribution >= 0.6 is 0 Å². The first kappa shape index (κ1) is 15.2. The van der Waals surface area contributed by atoms with Gasteiger partial charge in [-0.1, -0.05) is 11.2 Å². The van der Waals surface area contributed by atoms with E-state index in [0.717, 1.165) is 6.07 Å². The van der Waals surface area contributed by atoms with Gasteiger partial charge in [0.25, 0.3) is 5.91 Å². The fraction of sp³-hybridized carbons (Fsp3) is 0.385. The molecule has 1 aromatic rings. The summed E-state index contributed by atoms with van der Waals surface area (Å²) in [6.45, 7) is 2.06. The van der Waals surface area contributed by atoms with Crippen LogP contribution in [0.2, 0.25) is 0 Å². The van der Waals surface area contributed by atoms with Crippen LogP contribution in [0.3, 0.4) is 0 Å². The molecule has 8 heteroatoms. The zero-order valence-electron chi connectivity index (χ0n) is 11.3. The molecule has 1 fully saturated rings. The molecule has 3 N–H and O–H groups in total. The first-order chi connectivity index (χ1) is 10.0. The lowest BCUT2D eigenvalue weighted by Gasteiger charge is -2.34. The van der Waals surface area contributed by atoms with Gasteiger partial charge >= 0.3 is 0 Å². The van der Waals surface area contributed by atoms with E-state index in [2.05, 4.69) is 5.16 Å². The predicted octanol–water partition coefficient (Wildman–Crippen LogP) is 0.469. The molecule has 1 aromatic carbocycles. The average Bonchev–Trinajstić information content (AvgIpc) is 2.50. The summed E-state index contributed by atoms with van der Waals surface area (Å²) in [4.78, 5) is 15.5. The molecule has 1 heterocycles. The molecule has 0 unspecified atom stereocenters. The second-order valence-electron chi connectivity index (χ2n) is 4.76. The summed E-state index contributed by atoms with van der Waals surface area (Å²) in [6, 6.07) is 3.55. The number of amides is 1. The van der Waals surface area contributed by atoms with E-state index in [9.17, 15) is 13.6 Å². The van der Waals surface area contributed by atoms with Gasteiger partial charge in [0.1, 0.15) is 0 Å². The van der Waals surface area contributed by atoms with E-state index in [1.54, 1.807) is 0 Å². The second-order valence-corrected chi connectivity index (χ2v) is 4.76. The Balaban J connectivity index is 1.99. The van der Waals surface area contributed by atoms with Crippen molar-refractivity contribution in [2.75, 3.05) is 32.7 Å². The molecule has 0 atom stereocenters. The largest absolute Gasteiger partial charge is 0.409 e. The second kappa shape index (κ2) is 6.49. The predicted molar refractivity (Wildman–Crippen MR) is 72.1 cm³/mol. The third-order valence-electron chi connectivity index (χ3n) is 3.36. The number of oxime groups is 1. The van der Waals surface area contributed by atoms with Crippen molar-refractivity contribution in [2.24, 2.45) is 10.9 Å². The van der Waals surface area contributed by atoms with Gasteiger partial charge in [-0.2, -0.15) is 0 Å². The van der Waals surface area contributed by atoms with Crippen LogP contribution in [0.5, 0.6) is 0 Å². The monoisotopic (exact) mass is 298 g/mol. The highest BCUT2D eigenvalue weighted by molar-refractivity contribution is 5.94. The minimum atomic E-state index is -1.12. The highest BCUT2D eigenvalue weighted by Crippen LogP contribution is 2.15. The van der Waals surface area contributed by atoms with Gasteiger partial charge in [-0.3, -0.25) is 9.69 Å². The highest BCUT2D eigenvalue weighted by atomic mass is 19.2. The van der Waals surface area contributed by atoms with E-state index >= 15 is 0 Å². The Morgan fingerprint density at radius 1 is 1.29 bits per heavy atom. The molecule has 1 amide bonds. The van der Waals surface area contributed by atoms with E-state index in [0.29, 0.717) is 32.7 Å². The van der Waals surface area contributed by atoms with E-state index in [1.807, 2.05) is 4.90 Å². The molecule has 21 heavy (non-hydrogen) atoms. The van der Waals surface area contributed by atoms with E-state index in [1.165, 1.54) is 17.0 Å². The van der Waals surface area contributed by atoms with Crippen LogP contribution in [0, 0.1) is 11.6 Å². The lowest BCUT2D eigenvalue weighted by atomic mass is 10.1. The Labute approximate surface area is 120 Å². The summed E-state index contributed by atoms with van der Waals surface area (Å²) in [5.74, 6) is -2.60. The fourth-order valence-electron chi connectivity index (χ4n) is 2.21. The Kier molecular flexibility index (Phi) is 4.69. The van der Waals surface area contributed by atoms with Gasteiger partial charge in [0.2, 0.25) is 0 Å². The summed E-state index contributed by atoms with van der Waals surface area (Å²) in [5, 5.41) is 11.4. The molecule has 0 aliphatic carbocycles. The molecule has 0 radical (unpaired) electrons. The van der Waals surface area contributed by atoms with E-state index < -0.39 is 17.5 Å². The van der Waals surface area contributed by atoms with Crippen LogP contribution in [0.15, 0.2) is 23.4 Å². The molecule has 0 bridgehead atoms. The molecule has 1 aliphatic rings. The van der Waals surface area contributed by atoms with Crippen LogP contribution in [-0.4, -0.2) is 59.5 Å². The van der Waals surface area contributed by atoms with Crippen LogP contribution in [0.4, 0.5) is 8.78 Å². The molecule has 0 saturated carbocycles. The van der Waals surface area contributed by atoms with Gasteiger partial charge in [-0.15, -0.1) is 0 Å². The number of amidine groups is 1. The lowest BCUT2D eigenvalue weighted by Crippen LogP contribution is -2.50. The number of hydrogen-bond acceptors (Lipinski definition) is 4. The van der Waals surface area contributed by atoms with Gasteiger partial charge in [-0.05, 0) is 12.1 Å². The normalized spacial score (nSPS) is 17.0. The maximum atomic E-state index is 13.6. The van der Waals surface area contributed by atoms with Gasteiger partial charge in [-0.25, -0.2) is 8.78 Å².